The molecule has 66 valence electrons. The van der Waals surface area contributed by atoms with Crippen LogP contribution in [0.2, 0.25) is 0 Å². The topological polar surface area (TPSA) is 3.88 Å². The molecule has 0 saturated heterocycles. The Bertz CT molecular complexity index is 432. The third-order valence-electron chi connectivity index (χ3n) is 2.19. The van der Waals surface area contributed by atoms with Gasteiger partial charge in [-0.1, -0.05) is 6.07 Å². The number of hydrogen-bond donors (Lipinski definition) is 0. The van der Waals surface area contributed by atoms with Crippen LogP contribution in [0, 0.1) is 0 Å². The number of thioether (sulfide) groups is 1. The van der Waals surface area contributed by atoms with E-state index in [4.69, 9.17) is 0 Å². The number of para-hydroxylation sites is 1. The first-order valence-corrected chi connectivity index (χ1v) is 5.47. The average molecular weight is 190 g/mol. The van der Waals surface area contributed by atoms with Crippen molar-refractivity contribution in [3.8, 4) is 0 Å². The van der Waals surface area contributed by atoms with E-state index in [1.807, 2.05) is 0 Å². The van der Waals surface area contributed by atoms with Gasteiger partial charge in [-0.15, -0.1) is 11.8 Å². The predicted molar refractivity (Wildman–Crippen MR) is 56.9 cm³/mol. The first kappa shape index (κ1) is 8.57. The number of aryl methyl sites for hydroxylation is 1. The molecule has 0 N–H and O–H groups in total. The molecule has 1 nitrogen and oxygen atoms in total. The summed E-state index contributed by atoms with van der Waals surface area (Å²) in [5.41, 5.74) is 1.32. The van der Waals surface area contributed by atoms with Crippen LogP contribution in [0.1, 0.15) is 0 Å². The van der Waals surface area contributed by atoms with Crippen LogP contribution in [-0.4, -0.2) is 6.26 Å². The van der Waals surface area contributed by atoms with Crippen LogP contribution in [-0.2, 0) is 7.05 Å². The van der Waals surface area contributed by atoms with Crippen LogP contribution < -0.4 is 4.57 Å². The third-order valence-corrected chi connectivity index (χ3v) is 2.96. The molecule has 0 bridgehead atoms. The van der Waals surface area contributed by atoms with E-state index >= 15 is 0 Å². The lowest BCUT2D eigenvalue weighted by molar-refractivity contribution is -0.646. The van der Waals surface area contributed by atoms with Crippen molar-refractivity contribution in [1.82, 2.24) is 0 Å². The third kappa shape index (κ3) is 1.42. The van der Waals surface area contributed by atoms with Gasteiger partial charge in [0.15, 0.2) is 6.20 Å². The van der Waals surface area contributed by atoms with Gasteiger partial charge >= 0.3 is 0 Å². The number of hydrogen-bond acceptors (Lipinski definition) is 1. The normalized spacial score (nSPS) is 10.6. The van der Waals surface area contributed by atoms with Crippen LogP contribution in [0.4, 0.5) is 0 Å². The zero-order chi connectivity index (χ0) is 9.26. The van der Waals surface area contributed by atoms with Crippen LogP contribution in [0.15, 0.2) is 41.4 Å². The van der Waals surface area contributed by atoms with Gasteiger partial charge in [0.1, 0.15) is 7.05 Å². The van der Waals surface area contributed by atoms with Gasteiger partial charge in [-0.25, -0.2) is 4.57 Å². The molecule has 2 heteroatoms. The molecule has 0 saturated carbocycles. The van der Waals surface area contributed by atoms with Crippen molar-refractivity contribution >= 4 is 22.7 Å². The van der Waals surface area contributed by atoms with Crippen molar-refractivity contribution in [3.63, 3.8) is 0 Å². The van der Waals surface area contributed by atoms with Crippen LogP contribution in [0.25, 0.3) is 10.9 Å². The molecule has 1 heterocycles. The highest BCUT2D eigenvalue weighted by Gasteiger charge is 2.08. The van der Waals surface area contributed by atoms with Gasteiger partial charge in [0.25, 0.3) is 0 Å². The lowest BCUT2D eigenvalue weighted by atomic mass is 10.2. The van der Waals surface area contributed by atoms with Gasteiger partial charge in [0.05, 0.1) is 4.90 Å². The van der Waals surface area contributed by atoms with Crippen molar-refractivity contribution < 1.29 is 4.57 Å². The quantitative estimate of drug-likeness (QED) is 0.493. The highest BCUT2D eigenvalue weighted by molar-refractivity contribution is 7.98. The van der Waals surface area contributed by atoms with Gasteiger partial charge < -0.3 is 0 Å². The van der Waals surface area contributed by atoms with Crippen molar-refractivity contribution in [3.05, 3.63) is 36.5 Å². The Hall–Kier alpha value is -1.02. The number of benzene rings is 1. The smallest absolute Gasteiger partial charge is 0.200 e. The van der Waals surface area contributed by atoms with Gasteiger partial charge in [-0.2, -0.15) is 0 Å². The number of pyridine rings is 1. The standard InChI is InChI=1S/C11H12NS/c1-12-8-4-6-9-5-3-7-10(13-2)11(9)12/h3-8H,1-2H3/q+1. The summed E-state index contributed by atoms with van der Waals surface area (Å²) < 4.78 is 2.17. The maximum Gasteiger partial charge on any atom is 0.225 e. The second-order valence-corrected chi connectivity index (χ2v) is 3.87. The molecule has 0 aliphatic rings. The molecule has 0 unspecified atom stereocenters. The largest absolute Gasteiger partial charge is 0.225 e. The molecule has 0 amide bonds. The van der Waals surface area contributed by atoms with Gasteiger partial charge in [0, 0.05) is 11.5 Å². The van der Waals surface area contributed by atoms with Crippen molar-refractivity contribution in [2.45, 2.75) is 4.90 Å². The highest BCUT2D eigenvalue weighted by Crippen LogP contribution is 2.22. The number of rotatable bonds is 1. The number of aromatic nitrogens is 1. The van der Waals surface area contributed by atoms with Crippen LogP contribution >= 0.6 is 11.8 Å². The van der Waals surface area contributed by atoms with E-state index in [0.717, 1.165) is 0 Å². The summed E-state index contributed by atoms with van der Waals surface area (Å²) in [6, 6.07) is 10.6. The Balaban J connectivity index is 2.87. The fourth-order valence-corrected chi connectivity index (χ4v) is 2.24. The van der Waals surface area contributed by atoms with Crippen molar-refractivity contribution in [2.24, 2.45) is 7.05 Å². The molecular formula is C11H12NS+. The number of nitrogens with zero attached hydrogens (tertiary/aromatic N) is 1. The number of fused-ring (bicyclic) bond motifs is 1. The minimum Gasteiger partial charge on any atom is -0.200 e. The lowest BCUT2D eigenvalue weighted by Crippen LogP contribution is -2.28. The molecule has 1 aromatic heterocycles. The molecule has 0 spiro atoms. The molecule has 0 atom stereocenters. The second-order valence-electron chi connectivity index (χ2n) is 3.02. The molecule has 2 rings (SSSR count). The summed E-state index contributed by atoms with van der Waals surface area (Å²) in [5, 5.41) is 1.30. The Morgan fingerprint density at radius 1 is 1.15 bits per heavy atom. The minimum absolute atomic E-state index is 1.30. The zero-order valence-electron chi connectivity index (χ0n) is 7.82. The Labute approximate surface area is 82.4 Å². The van der Waals surface area contributed by atoms with Crippen LogP contribution in [0.5, 0.6) is 0 Å². The average Bonchev–Trinajstić information content (AvgIpc) is 2.17. The first-order valence-electron chi connectivity index (χ1n) is 4.24. The summed E-state index contributed by atoms with van der Waals surface area (Å²) in [6.07, 6.45) is 4.20. The Morgan fingerprint density at radius 2 is 1.92 bits per heavy atom. The SMILES string of the molecule is CSc1cccc2ccc[n+](C)c12. The molecule has 1 aromatic carbocycles. The lowest BCUT2D eigenvalue weighted by Gasteiger charge is -2.00. The van der Waals surface area contributed by atoms with E-state index in [0.29, 0.717) is 0 Å². The molecule has 0 fully saturated rings. The summed E-state index contributed by atoms with van der Waals surface area (Å²) in [6.45, 7) is 0. The fourth-order valence-electron chi connectivity index (χ4n) is 1.57. The van der Waals surface area contributed by atoms with Gasteiger partial charge in [0.2, 0.25) is 5.52 Å². The highest BCUT2D eigenvalue weighted by atomic mass is 32.2. The Kier molecular flexibility index (Phi) is 2.23. The molecule has 0 aliphatic heterocycles. The van der Waals surface area contributed by atoms with E-state index in [1.54, 1.807) is 11.8 Å². The van der Waals surface area contributed by atoms with Gasteiger partial charge in [-0.05, 0) is 24.5 Å². The van der Waals surface area contributed by atoms with E-state index in [1.165, 1.54) is 15.8 Å². The summed E-state index contributed by atoms with van der Waals surface area (Å²) >= 11 is 1.79. The first-order chi connectivity index (χ1) is 6.33. The second kappa shape index (κ2) is 3.38. The van der Waals surface area contributed by atoms with Crippen LogP contribution in [0.3, 0.4) is 0 Å². The Morgan fingerprint density at radius 3 is 2.69 bits per heavy atom. The molecule has 2 aromatic rings. The summed E-state index contributed by atoms with van der Waals surface area (Å²) in [4.78, 5) is 1.33. The monoisotopic (exact) mass is 190 g/mol. The van der Waals surface area contributed by atoms with E-state index in [2.05, 4.69) is 54.4 Å². The molecule has 13 heavy (non-hydrogen) atoms. The zero-order valence-corrected chi connectivity index (χ0v) is 8.64. The van der Waals surface area contributed by atoms with E-state index in [-0.39, 0.29) is 0 Å². The van der Waals surface area contributed by atoms with E-state index in [9.17, 15) is 0 Å². The molecular weight excluding hydrogens is 178 g/mol. The summed E-state index contributed by atoms with van der Waals surface area (Å²) in [7, 11) is 2.09. The maximum atomic E-state index is 2.17. The summed E-state index contributed by atoms with van der Waals surface area (Å²) in [5.74, 6) is 0. The van der Waals surface area contributed by atoms with Crippen molar-refractivity contribution in [2.75, 3.05) is 6.26 Å². The van der Waals surface area contributed by atoms with Crippen molar-refractivity contribution in [1.29, 1.82) is 0 Å². The maximum absolute atomic E-state index is 2.17. The molecule has 0 radical (unpaired) electrons. The fraction of sp³-hybridized carbons (Fsp3) is 0.182. The minimum atomic E-state index is 1.30. The van der Waals surface area contributed by atoms with E-state index < -0.39 is 0 Å². The van der Waals surface area contributed by atoms with Gasteiger partial charge in [-0.3, -0.25) is 0 Å². The predicted octanol–water partition coefficient (Wildman–Crippen LogP) is 2.39. The molecule has 0 aliphatic carbocycles.